The van der Waals surface area contributed by atoms with Crippen molar-refractivity contribution in [2.45, 2.75) is 6.42 Å². The monoisotopic (exact) mass is 548 g/mol. The summed E-state index contributed by atoms with van der Waals surface area (Å²) in [7, 11) is -1.01. The Labute approximate surface area is 218 Å². The van der Waals surface area contributed by atoms with Gasteiger partial charge in [-0.3, -0.25) is 0 Å². The molecule has 0 aromatic heterocycles. The summed E-state index contributed by atoms with van der Waals surface area (Å²) >= 11 is 24.6. The van der Waals surface area contributed by atoms with E-state index >= 15 is 0 Å². The van der Waals surface area contributed by atoms with Crippen molar-refractivity contribution in [1.29, 1.82) is 0 Å². The molecule has 0 bridgehead atoms. The first-order valence-electron chi connectivity index (χ1n) is 10.6. The molecular weight excluding hydrogens is 528 g/mol. The van der Waals surface area contributed by atoms with Gasteiger partial charge in [0.25, 0.3) is 0 Å². The van der Waals surface area contributed by atoms with Crippen molar-refractivity contribution < 1.29 is 0 Å². The SMILES string of the molecule is Clc1ccc(P(CCCP(c2ccc(Cl)cc2)c2ccc(Cl)cc2)c2ccc(Cl)cc2)cc1. The van der Waals surface area contributed by atoms with Crippen LogP contribution in [0.1, 0.15) is 6.42 Å². The summed E-state index contributed by atoms with van der Waals surface area (Å²) in [6, 6.07) is 33.1. The Balaban J connectivity index is 1.57. The smallest absolute Gasteiger partial charge is 0.0406 e. The van der Waals surface area contributed by atoms with Crippen LogP contribution in [-0.4, -0.2) is 12.3 Å². The van der Waals surface area contributed by atoms with Crippen molar-refractivity contribution in [3.8, 4) is 0 Å². The van der Waals surface area contributed by atoms with E-state index in [0.717, 1.165) is 38.8 Å². The maximum Gasteiger partial charge on any atom is 0.0406 e. The predicted molar refractivity (Wildman–Crippen MR) is 153 cm³/mol. The number of rotatable bonds is 8. The molecule has 0 aliphatic carbocycles. The molecule has 6 heteroatoms. The van der Waals surface area contributed by atoms with E-state index in [2.05, 4.69) is 48.5 Å². The molecule has 0 aliphatic heterocycles. The molecule has 168 valence electrons. The zero-order valence-corrected chi connectivity index (χ0v) is 22.6. The van der Waals surface area contributed by atoms with E-state index in [0.29, 0.717) is 0 Å². The van der Waals surface area contributed by atoms with Gasteiger partial charge in [-0.25, -0.2) is 0 Å². The van der Waals surface area contributed by atoms with Crippen LogP contribution < -0.4 is 21.2 Å². The minimum absolute atomic E-state index is 0.504. The van der Waals surface area contributed by atoms with Crippen molar-refractivity contribution in [2.24, 2.45) is 0 Å². The molecule has 4 aromatic carbocycles. The molecule has 0 aliphatic rings. The van der Waals surface area contributed by atoms with Crippen molar-refractivity contribution >= 4 is 83.5 Å². The second-order valence-corrected chi connectivity index (χ2v) is 14.0. The van der Waals surface area contributed by atoms with E-state index < -0.39 is 15.8 Å². The van der Waals surface area contributed by atoms with Gasteiger partial charge in [0.1, 0.15) is 0 Å². The highest BCUT2D eigenvalue weighted by Crippen LogP contribution is 2.40. The lowest BCUT2D eigenvalue weighted by Crippen LogP contribution is -2.17. The second kappa shape index (κ2) is 12.0. The fourth-order valence-corrected chi connectivity index (χ4v) is 9.05. The lowest BCUT2D eigenvalue weighted by Gasteiger charge is -2.22. The molecule has 0 saturated heterocycles. The van der Waals surface area contributed by atoms with Gasteiger partial charge < -0.3 is 0 Å². The fraction of sp³-hybridized carbons (Fsp3) is 0.111. The van der Waals surface area contributed by atoms with Crippen LogP contribution in [0.15, 0.2) is 97.1 Å². The Morgan fingerprint density at radius 1 is 0.364 bits per heavy atom. The molecule has 0 spiro atoms. The zero-order chi connectivity index (χ0) is 23.2. The Bertz CT molecular complexity index is 973. The third-order valence-corrected chi connectivity index (χ3v) is 11.5. The maximum absolute atomic E-state index is 6.16. The maximum atomic E-state index is 6.16. The molecule has 0 radical (unpaired) electrons. The highest BCUT2D eigenvalue weighted by atomic mass is 35.5. The number of halogens is 4. The first-order chi connectivity index (χ1) is 16.0. The van der Waals surface area contributed by atoms with Gasteiger partial charge in [0.2, 0.25) is 0 Å². The average Bonchev–Trinajstić information content (AvgIpc) is 2.82. The van der Waals surface area contributed by atoms with E-state index in [1.54, 1.807) is 0 Å². The molecule has 4 aromatic rings. The van der Waals surface area contributed by atoms with Crippen LogP contribution >= 0.6 is 62.2 Å². The van der Waals surface area contributed by atoms with Crippen LogP contribution in [-0.2, 0) is 0 Å². The van der Waals surface area contributed by atoms with E-state index in [1.807, 2.05) is 48.5 Å². The molecule has 0 nitrogen and oxygen atoms in total. The molecule has 4 rings (SSSR count). The van der Waals surface area contributed by atoms with Crippen molar-refractivity contribution in [2.75, 3.05) is 12.3 Å². The predicted octanol–water partition coefficient (Wildman–Crippen LogP) is 8.26. The highest BCUT2D eigenvalue weighted by molar-refractivity contribution is 7.74. The van der Waals surface area contributed by atoms with Gasteiger partial charge in [-0.2, -0.15) is 0 Å². The summed E-state index contributed by atoms with van der Waals surface area (Å²) < 4.78 is 0. The number of hydrogen-bond acceptors (Lipinski definition) is 0. The van der Waals surface area contributed by atoms with Crippen LogP contribution in [0.25, 0.3) is 0 Å². The van der Waals surface area contributed by atoms with Crippen LogP contribution in [0.5, 0.6) is 0 Å². The van der Waals surface area contributed by atoms with E-state index in [-0.39, 0.29) is 0 Å². The van der Waals surface area contributed by atoms with Gasteiger partial charge in [-0.1, -0.05) is 94.9 Å². The molecule has 0 fully saturated rings. The third-order valence-electron chi connectivity index (χ3n) is 5.32. The molecule has 0 heterocycles. The van der Waals surface area contributed by atoms with Crippen LogP contribution in [0.3, 0.4) is 0 Å². The second-order valence-electron chi connectivity index (χ2n) is 7.56. The molecule has 0 amide bonds. The molecule has 0 unspecified atom stereocenters. The first kappa shape index (κ1) is 25.0. The first-order valence-corrected chi connectivity index (χ1v) is 15.1. The van der Waals surface area contributed by atoms with Crippen molar-refractivity contribution in [3.05, 3.63) is 117 Å². The van der Waals surface area contributed by atoms with Gasteiger partial charge in [-0.05, 0) is 104 Å². The molecule has 0 atom stereocenters. The topological polar surface area (TPSA) is 0 Å². The number of benzene rings is 4. The lowest BCUT2D eigenvalue weighted by atomic mass is 10.4. The van der Waals surface area contributed by atoms with Crippen LogP contribution in [0.4, 0.5) is 0 Å². The fourth-order valence-electron chi connectivity index (χ4n) is 3.69. The van der Waals surface area contributed by atoms with Gasteiger partial charge in [0.15, 0.2) is 0 Å². The van der Waals surface area contributed by atoms with Crippen molar-refractivity contribution in [1.82, 2.24) is 0 Å². The minimum atomic E-state index is -0.504. The summed E-state index contributed by atoms with van der Waals surface area (Å²) in [5.41, 5.74) is 0. The zero-order valence-electron chi connectivity index (χ0n) is 17.8. The lowest BCUT2D eigenvalue weighted by molar-refractivity contribution is 1.11. The summed E-state index contributed by atoms with van der Waals surface area (Å²) in [4.78, 5) is 0. The van der Waals surface area contributed by atoms with Crippen LogP contribution in [0.2, 0.25) is 20.1 Å². The summed E-state index contributed by atoms with van der Waals surface area (Å²) in [6.45, 7) is 0. The summed E-state index contributed by atoms with van der Waals surface area (Å²) in [5.74, 6) is 0. The molecule has 0 N–H and O–H groups in total. The van der Waals surface area contributed by atoms with Crippen LogP contribution in [0, 0.1) is 0 Å². The van der Waals surface area contributed by atoms with Gasteiger partial charge in [0.05, 0.1) is 0 Å². The number of hydrogen-bond donors (Lipinski definition) is 0. The Morgan fingerprint density at radius 3 is 0.788 bits per heavy atom. The Hall–Kier alpha value is -1.10. The Morgan fingerprint density at radius 2 is 0.576 bits per heavy atom. The highest BCUT2D eigenvalue weighted by Gasteiger charge is 2.18. The summed E-state index contributed by atoms with van der Waals surface area (Å²) in [6.07, 6.45) is 3.30. The van der Waals surface area contributed by atoms with Gasteiger partial charge >= 0.3 is 0 Å². The molecule has 33 heavy (non-hydrogen) atoms. The van der Waals surface area contributed by atoms with E-state index in [9.17, 15) is 0 Å². The largest absolute Gasteiger partial charge is 0.0843 e. The van der Waals surface area contributed by atoms with E-state index in [1.165, 1.54) is 21.2 Å². The average molecular weight is 550 g/mol. The minimum Gasteiger partial charge on any atom is -0.0843 e. The van der Waals surface area contributed by atoms with Gasteiger partial charge in [0, 0.05) is 20.1 Å². The molecular formula is C27H22Cl4P2. The standard InChI is InChI=1S/C27H22Cl4P2/c28-20-2-10-24(11-3-20)32(25-12-4-21(29)5-13-25)18-1-19-33(26-14-6-22(30)7-15-26)27-16-8-23(31)9-17-27/h2-17H,1,18-19H2. The van der Waals surface area contributed by atoms with Gasteiger partial charge in [-0.15, -0.1) is 0 Å². The molecule has 0 saturated carbocycles. The van der Waals surface area contributed by atoms with E-state index in [4.69, 9.17) is 46.4 Å². The quantitative estimate of drug-likeness (QED) is 0.194. The Kier molecular flexibility index (Phi) is 9.12. The third kappa shape index (κ3) is 6.96. The van der Waals surface area contributed by atoms with Crippen molar-refractivity contribution in [3.63, 3.8) is 0 Å². The normalized spacial score (nSPS) is 11.3. The summed E-state index contributed by atoms with van der Waals surface area (Å²) in [5, 5.41) is 8.38.